The van der Waals surface area contributed by atoms with Gasteiger partial charge in [-0.3, -0.25) is 4.90 Å². The largest absolute Gasteiger partial charge is 0.331 e. The number of amides is 2. The third-order valence-corrected chi connectivity index (χ3v) is 5.74. The second-order valence-electron chi connectivity index (χ2n) is 7.02. The predicted octanol–water partition coefficient (Wildman–Crippen LogP) is 2.80. The molecule has 2 aliphatic rings. The fourth-order valence-corrected chi connectivity index (χ4v) is 4.21. The first-order valence-electron chi connectivity index (χ1n) is 8.31. The minimum atomic E-state index is -0.0125. The molecule has 1 saturated heterocycles. The lowest BCUT2D eigenvalue weighted by molar-refractivity contribution is 0.0621. The number of urea groups is 1. The Hall–Kier alpha value is -1.55. The number of carbonyl (C=O) groups excluding carboxylic acids is 1. The quantitative estimate of drug-likeness (QED) is 0.932. The molecule has 4 nitrogen and oxygen atoms in total. The number of nitrogens with zero attached hydrogens (tertiary/aromatic N) is 2. The van der Waals surface area contributed by atoms with Gasteiger partial charge in [0.25, 0.3) is 0 Å². The number of hydrogen-bond donors (Lipinski definition) is 1. The fraction of sp³-hybridized carbons (Fsp3) is 0.611. The normalized spacial score (nSPS) is 31.8. The highest BCUT2D eigenvalue weighted by atomic mass is 16.2. The third kappa shape index (κ3) is 2.39. The van der Waals surface area contributed by atoms with E-state index >= 15 is 0 Å². The van der Waals surface area contributed by atoms with Crippen LogP contribution in [0.1, 0.15) is 38.2 Å². The molecule has 1 saturated carbocycles. The average Bonchev–Trinajstić information content (AvgIpc) is 2.85. The number of hydrogen-bond acceptors (Lipinski definition) is 2. The minimum absolute atomic E-state index is 0.0125. The van der Waals surface area contributed by atoms with Crippen LogP contribution in [0.15, 0.2) is 30.3 Å². The molecule has 0 radical (unpaired) electrons. The van der Waals surface area contributed by atoms with E-state index < -0.39 is 0 Å². The minimum Gasteiger partial charge on any atom is -0.331 e. The molecule has 0 aromatic heterocycles. The van der Waals surface area contributed by atoms with Crippen molar-refractivity contribution in [2.75, 3.05) is 27.2 Å². The monoisotopic (exact) mass is 301 g/mol. The summed E-state index contributed by atoms with van der Waals surface area (Å²) >= 11 is 0. The zero-order valence-corrected chi connectivity index (χ0v) is 13.9. The van der Waals surface area contributed by atoms with Gasteiger partial charge in [-0.25, -0.2) is 4.79 Å². The van der Waals surface area contributed by atoms with Crippen LogP contribution in [0, 0.1) is 0 Å². The van der Waals surface area contributed by atoms with E-state index in [4.69, 9.17) is 0 Å². The number of nitrogens with one attached hydrogen (secondary N) is 1. The first-order valence-corrected chi connectivity index (χ1v) is 8.31. The number of likely N-dealkylation sites (N-methyl/N-ethyl adjacent to an activating group) is 1. The van der Waals surface area contributed by atoms with Crippen LogP contribution < -0.4 is 5.32 Å². The lowest BCUT2D eigenvalue weighted by Gasteiger charge is -2.48. The predicted molar refractivity (Wildman–Crippen MR) is 88.8 cm³/mol. The van der Waals surface area contributed by atoms with E-state index in [0.29, 0.717) is 0 Å². The molecule has 1 aromatic rings. The summed E-state index contributed by atoms with van der Waals surface area (Å²) in [4.78, 5) is 16.3. The summed E-state index contributed by atoms with van der Waals surface area (Å²) in [6.07, 6.45) is 4.26. The van der Waals surface area contributed by atoms with Gasteiger partial charge in [-0.05, 0) is 52.3 Å². The smallest absolute Gasteiger partial charge is 0.317 e. The maximum atomic E-state index is 12.0. The SMILES string of the molecule is CCN1C[C@]2(CC[C@](c3ccccc3)(N(C)C)CC2)NC1=O. The molecule has 0 unspecified atom stereocenters. The van der Waals surface area contributed by atoms with Crippen LogP contribution in [0.5, 0.6) is 0 Å². The van der Waals surface area contributed by atoms with Crippen molar-refractivity contribution in [3.05, 3.63) is 35.9 Å². The molecule has 1 aliphatic heterocycles. The summed E-state index contributed by atoms with van der Waals surface area (Å²) in [5.74, 6) is 0. The Morgan fingerprint density at radius 1 is 1.14 bits per heavy atom. The van der Waals surface area contributed by atoms with E-state index in [1.54, 1.807) is 0 Å². The van der Waals surface area contributed by atoms with Crippen LogP contribution in [0.25, 0.3) is 0 Å². The van der Waals surface area contributed by atoms with Gasteiger partial charge in [0.2, 0.25) is 0 Å². The van der Waals surface area contributed by atoms with Crippen LogP contribution >= 0.6 is 0 Å². The van der Waals surface area contributed by atoms with Crippen LogP contribution in [0.3, 0.4) is 0 Å². The zero-order chi connectivity index (χ0) is 15.8. The molecule has 1 N–H and O–H groups in total. The summed E-state index contributed by atoms with van der Waals surface area (Å²) in [5.41, 5.74) is 1.48. The van der Waals surface area contributed by atoms with Crippen molar-refractivity contribution in [2.45, 2.75) is 43.7 Å². The van der Waals surface area contributed by atoms with E-state index in [1.807, 2.05) is 4.90 Å². The summed E-state index contributed by atoms with van der Waals surface area (Å²) in [6.45, 7) is 3.71. The highest BCUT2D eigenvalue weighted by Gasteiger charge is 2.49. The lowest BCUT2D eigenvalue weighted by Crippen LogP contribution is -2.54. The van der Waals surface area contributed by atoms with Crippen LogP contribution in [-0.2, 0) is 5.54 Å². The van der Waals surface area contributed by atoms with Gasteiger partial charge in [0.1, 0.15) is 0 Å². The van der Waals surface area contributed by atoms with Gasteiger partial charge in [0.05, 0.1) is 5.54 Å². The average molecular weight is 301 g/mol. The van der Waals surface area contributed by atoms with Crippen molar-refractivity contribution >= 4 is 6.03 Å². The molecule has 1 heterocycles. The van der Waals surface area contributed by atoms with Crippen LogP contribution in [0.4, 0.5) is 4.79 Å². The Kier molecular flexibility index (Phi) is 3.89. The van der Waals surface area contributed by atoms with Crippen LogP contribution in [-0.4, -0.2) is 48.6 Å². The maximum Gasteiger partial charge on any atom is 0.317 e. The standard InChI is InChI=1S/C18H27N3O/c1-4-21-14-17(19-16(21)22)10-12-18(13-11-17,20(2)3)15-8-6-5-7-9-15/h5-9H,4,10-14H2,1-3H3,(H,19,22)/t17-,18+. The van der Waals surface area contributed by atoms with Crippen molar-refractivity contribution in [3.63, 3.8) is 0 Å². The first kappa shape index (κ1) is 15.3. The highest BCUT2D eigenvalue weighted by molar-refractivity contribution is 5.78. The first-order chi connectivity index (χ1) is 10.5. The molecule has 0 atom stereocenters. The van der Waals surface area contributed by atoms with Gasteiger partial charge in [-0.15, -0.1) is 0 Å². The second kappa shape index (κ2) is 5.58. The maximum absolute atomic E-state index is 12.0. The second-order valence-corrected chi connectivity index (χ2v) is 7.02. The Balaban J connectivity index is 1.81. The molecule has 1 aromatic carbocycles. The van der Waals surface area contributed by atoms with Crippen molar-refractivity contribution in [1.29, 1.82) is 0 Å². The van der Waals surface area contributed by atoms with Gasteiger partial charge in [-0.2, -0.15) is 0 Å². The highest BCUT2D eigenvalue weighted by Crippen LogP contribution is 2.45. The van der Waals surface area contributed by atoms with E-state index in [0.717, 1.165) is 38.8 Å². The molecular formula is C18H27N3O. The topological polar surface area (TPSA) is 35.6 Å². The number of carbonyl (C=O) groups is 1. The fourth-order valence-electron chi connectivity index (χ4n) is 4.21. The molecule has 120 valence electrons. The summed E-state index contributed by atoms with van der Waals surface area (Å²) < 4.78 is 0. The van der Waals surface area contributed by atoms with Crippen molar-refractivity contribution < 1.29 is 4.79 Å². The van der Waals surface area contributed by atoms with Gasteiger partial charge < -0.3 is 10.2 Å². The van der Waals surface area contributed by atoms with Gasteiger partial charge in [-0.1, -0.05) is 30.3 Å². The van der Waals surface area contributed by atoms with E-state index in [2.05, 4.69) is 61.6 Å². The molecule has 22 heavy (non-hydrogen) atoms. The van der Waals surface area contributed by atoms with E-state index in [-0.39, 0.29) is 17.1 Å². The Morgan fingerprint density at radius 2 is 1.77 bits per heavy atom. The molecule has 4 heteroatoms. The lowest BCUT2D eigenvalue weighted by atomic mass is 9.69. The Bertz CT molecular complexity index is 533. The molecule has 0 bridgehead atoms. The molecule has 1 aliphatic carbocycles. The molecule has 3 rings (SSSR count). The van der Waals surface area contributed by atoms with E-state index in [1.165, 1.54) is 5.56 Å². The summed E-state index contributed by atoms with van der Waals surface area (Å²) in [7, 11) is 4.35. The van der Waals surface area contributed by atoms with Crippen LogP contribution in [0.2, 0.25) is 0 Å². The molecular weight excluding hydrogens is 274 g/mol. The number of rotatable bonds is 3. The van der Waals surface area contributed by atoms with Gasteiger partial charge >= 0.3 is 6.03 Å². The third-order valence-electron chi connectivity index (χ3n) is 5.74. The van der Waals surface area contributed by atoms with Crippen molar-refractivity contribution in [1.82, 2.24) is 15.1 Å². The van der Waals surface area contributed by atoms with Gasteiger partial charge in [0, 0.05) is 18.6 Å². The molecule has 2 amide bonds. The summed E-state index contributed by atoms with van der Waals surface area (Å²) in [5, 5.41) is 3.27. The number of benzene rings is 1. The summed E-state index contributed by atoms with van der Waals surface area (Å²) in [6, 6.07) is 10.9. The Morgan fingerprint density at radius 3 is 2.27 bits per heavy atom. The molecule has 2 fully saturated rings. The van der Waals surface area contributed by atoms with Crippen molar-refractivity contribution in [2.24, 2.45) is 0 Å². The van der Waals surface area contributed by atoms with E-state index in [9.17, 15) is 4.79 Å². The van der Waals surface area contributed by atoms with Gasteiger partial charge in [0.15, 0.2) is 0 Å². The zero-order valence-electron chi connectivity index (χ0n) is 13.9. The molecule has 1 spiro atoms. The van der Waals surface area contributed by atoms with Crippen molar-refractivity contribution in [3.8, 4) is 0 Å². The Labute approximate surface area is 133 Å².